The van der Waals surface area contributed by atoms with Gasteiger partial charge in [0, 0.05) is 18.5 Å². The largest absolute Gasteiger partial charge is 0.495 e. The number of benzene rings is 1. The van der Waals surface area contributed by atoms with E-state index >= 15 is 0 Å². The van der Waals surface area contributed by atoms with Gasteiger partial charge < -0.3 is 19.5 Å². The maximum absolute atomic E-state index is 12.5. The average Bonchev–Trinajstić information content (AvgIpc) is 2.66. The van der Waals surface area contributed by atoms with Crippen LogP contribution in [0.2, 0.25) is 5.02 Å². The molecule has 26 heavy (non-hydrogen) atoms. The number of anilines is 1. The van der Waals surface area contributed by atoms with Crippen LogP contribution < -0.4 is 14.8 Å². The fourth-order valence-corrected chi connectivity index (χ4v) is 2.41. The summed E-state index contributed by atoms with van der Waals surface area (Å²) in [6.45, 7) is 1.74. The van der Waals surface area contributed by atoms with Gasteiger partial charge in [-0.05, 0) is 24.6 Å². The molecule has 1 aromatic carbocycles. The quantitative estimate of drug-likeness (QED) is 0.744. The van der Waals surface area contributed by atoms with E-state index in [9.17, 15) is 9.59 Å². The van der Waals surface area contributed by atoms with Crippen LogP contribution in [0.4, 0.5) is 5.69 Å². The van der Waals surface area contributed by atoms with Gasteiger partial charge in [0.2, 0.25) is 0 Å². The number of rotatable bonds is 7. The molecule has 7 nitrogen and oxygen atoms in total. The molecule has 0 saturated heterocycles. The molecule has 0 spiro atoms. The van der Waals surface area contributed by atoms with Crippen molar-refractivity contribution in [3.05, 3.63) is 47.2 Å². The van der Waals surface area contributed by atoms with Crippen LogP contribution in [0.5, 0.6) is 11.5 Å². The van der Waals surface area contributed by atoms with E-state index in [1.807, 2.05) is 0 Å². The second-order valence-electron chi connectivity index (χ2n) is 5.22. The van der Waals surface area contributed by atoms with E-state index in [2.05, 4.69) is 10.3 Å². The van der Waals surface area contributed by atoms with Crippen molar-refractivity contribution in [2.75, 3.05) is 19.5 Å². The molecular formula is C18H19ClN2O5. The monoisotopic (exact) mass is 378 g/mol. The maximum Gasteiger partial charge on any atom is 0.340 e. The first-order valence-electron chi connectivity index (χ1n) is 7.83. The Bertz CT molecular complexity index is 783. The van der Waals surface area contributed by atoms with Crippen LogP contribution in [-0.4, -0.2) is 37.2 Å². The van der Waals surface area contributed by atoms with Gasteiger partial charge in [0.05, 0.1) is 30.5 Å². The zero-order chi connectivity index (χ0) is 19.1. The summed E-state index contributed by atoms with van der Waals surface area (Å²) in [7, 11) is 2.93. The highest BCUT2D eigenvalue weighted by Gasteiger charge is 2.23. The summed E-state index contributed by atoms with van der Waals surface area (Å²) >= 11 is 6.10. The topological polar surface area (TPSA) is 86.8 Å². The normalized spacial score (nSPS) is 11.4. The number of hydrogen-bond donors (Lipinski definition) is 1. The van der Waals surface area contributed by atoms with Crippen molar-refractivity contribution in [1.29, 1.82) is 0 Å². The maximum atomic E-state index is 12.5. The number of carbonyl (C=O) groups is 2. The van der Waals surface area contributed by atoms with Crippen LogP contribution in [0.1, 0.15) is 23.7 Å². The Morgan fingerprint density at radius 1 is 1.23 bits per heavy atom. The lowest BCUT2D eigenvalue weighted by Crippen LogP contribution is -2.32. The SMILES string of the molecule is CCC(OC(=O)c1cccnc1)C(=O)Nc1cc(Cl)c(OC)cc1OC. The van der Waals surface area contributed by atoms with E-state index in [1.54, 1.807) is 31.3 Å². The number of halogens is 1. The Labute approximate surface area is 156 Å². The molecule has 1 aromatic heterocycles. The smallest absolute Gasteiger partial charge is 0.340 e. The van der Waals surface area contributed by atoms with Gasteiger partial charge in [-0.15, -0.1) is 0 Å². The fourth-order valence-electron chi connectivity index (χ4n) is 2.17. The number of pyridine rings is 1. The third-order valence-corrected chi connectivity index (χ3v) is 3.84. The lowest BCUT2D eigenvalue weighted by atomic mass is 10.2. The van der Waals surface area contributed by atoms with Gasteiger partial charge in [-0.3, -0.25) is 9.78 Å². The molecule has 1 heterocycles. The molecule has 0 aliphatic carbocycles. The summed E-state index contributed by atoms with van der Waals surface area (Å²) in [6, 6.07) is 6.24. The van der Waals surface area contributed by atoms with Crippen molar-refractivity contribution in [3.63, 3.8) is 0 Å². The number of ether oxygens (including phenoxy) is 3. The summed E-state index contributed by atoms with van der Waals surface area (Å²) < 4.78 is 15.6. The summed E-state index contributed by atoms with van der Waals surface area (Å²) in [4.78, 5) is 28.5. The van der Waals surface area contributed by atoms with Crippen molar-refractivity contribution >= 4 is 29.2 Å². The Kier molecular flexibility index (Phi) is 6.80. The second-order valence-corrected chi connectivity index (χ2v) is 5.63. The van der Waals surface area contributed by atoms with E-state index < -0.39 is 18.0 Å². The van der Waals surface area contributed by atoms with Crippen LogP contribution in [0, 0.1) is 0 Å². The number of methoxy groups -OCH3 is 2. The van der Waals surface area contributed by atoms with E-state index in [1.165, 1.54) is 26.5 Å². The van der Waals surface area contributed by atoms with Crippen LogP contribution in [0.3, 0.4) is 0 Å². The van der Waals surface area contributed by atoms with Gasteiger partial charge in [0.1, 0.15) is 11.5 Å². The van der Waals surface area contributed by atoms with Crippen LogP contribution >= 0.6 is 11.6 Å². The van der Waals surface area contributed by atoms with Gasteiger partial charge >= 0.3 is 5.97 Å². The molecule has 2 aromatic rings. The third-order valence-electron chi connectivity index (χ3n) is 3.54. The minimum absolute atomic E-state index is 0.267. The number of aromatic nitrogens is 1. The van der Waals surface area contributed by atoms with E-state index in [0.29, 0.717) is 28.6 Å². The van der Waals surface area contributed by atoms with E-state index in [-0.39, 0.29) is 5.56 Å². The highest BCUT2D eigenvalue weighted by molar-refractivity contribution is 6.32. The molecule has 1 N–H and O–H groups in total. The molecule has 0 radical (unpaired) electrons. The molecule has 0 saturated carbocycles. The lowest BCUT2D eigenvalue weighted by Gasteiger charge is -2.18. The zero-order valence-corrected chi connectivity index (χ0v) is 15.4. The van der Waals surface area contributed by atoms with Crippen LogP contribution in [-0.2, 0) is 9.53 Å². The molecule has 8 heteroatoms. The molecule has 2 rings (SSSR count). The molecule has 138 valence electrons. The highest BCUT2D eigenvalue weighted by atomic mass is 35.5. The van der Waals surface area contributed by atoms with E-state index in [0.717, 1.165) is 0 Å². The summed E-state index contributed by atoms with van der Waals surface area (Å²) in [6.07, 6.45) is 2.23. The number of hydrogen-bond acceptors (Lipinski definition) is 6. The molecule has 0 aliphatic rings. The molecule has 0 bridgehead atoms. The molecular weight excluding hydrogens is 360 g/mol. The fraction of sp³-hybridized carbons (Fsp3) is 0.278. The number of nitrogens with zero attached hydrogens (tertiary/aromatic N) is 1. The van der Waals surface area contributed by atoms with Gasteiger partial charge in [-0.1, -0.05) is 18.5 Å². The molecule has 0 aliphatic heterocycles. The Morgan fingerprint density at radius 2 is 1.96 bits per heavy atom. The Balaban J connectivity index is 2.14. The Morgan fingerprint density at radius 3 is 2.54 bits per heavy atom. The molecule has 1 unspecified atom stereocenters. The van der Waals surface area contributed by atoms with Crippen molar-refractivity contribution in [1.82, 2.24) is 4.98 Å². The standard InChI is InChI=1S/C18H19ClN2O5/c1-4-14(26-18(23)11-6-5-7-20-10-11)17(22)21-13-8-12(19)15(24-2)9-16(13)25-3/h5-10,14H,4H2,1-3H3,(H,21,22). The van der Waals surface area contributed by atoms with Crippen molar-refractivity contribution in [2.45, 2.75) is 19.4 Å². The van der Waals surface area contributed by atoms with Crippen LogP contribution in [0.25, 0.3) is 0 Å². The number of esters is 1. The third kappa shape index (κ3) is 4.64. The van der Waals surface area contributed by atoms with Gasteiger partial charge in [0.25, 0.3) is 5.91 Å². The predicted octanol–water partition coefficient (Wildman–Crippen LogP) is 3.33. The van der Waals surface area contributed by atoms with Crippen molar-refractivity contribution in [3.8, 4) is 11.5 Å². The lowest BCUT2D eigenvalue weighted by molar-refractivity contribution is -0.124. The highest BCUT2D eigenvalue weighted by Crippen LogP contribution is 2.36. The van der Waals surface area contributed by atoms with Gasteiger partial charge in [0.15, 0.2) is 6.10 Å². The average molecular weight is 379 g/mol. The summed E-state index contributed by atoms with van der Waals surface area (Å²) in [5.74, 6) is -0.339. The number of amides is 1. The van der Waals surface area contributed by atoms with Gasteiger partial charge in [-0.25, -0.2) is 4.79 Å². The molecule has 0 fully saturated rings. The summed E-state index contributed by atoms with van der Waals surface area (Å²) in [5.41, 5.74) is 0.614. The zero-order valence-electron chi connectivity index (χ0n) is 14.6. The Hall–Kier alpha value is -2.80. The predicted molar refractivity (Wildman–Crippen MR) is 96.9 cm³/mol. The minimum atomic E-state index is -0.978. The first-order chi connectivity index (χ1) is 12.5. The molecule has 1 atom stereocenters. The molecule has 1 amide bonds. The van der Waals surface area contributed by atoms with Gasteiger partial charge in [-0.2, -0.15) is 0 Å². The van der Waals surface area contributed by atoms with E-state index in [4.69, 9.17) is 25.8 Å². The van der Waals surface area contributed by atoms with Crippen LogP contribution in [0.15, 0.2) is 36.7 Å². The minimum Gasteiger partial charge on any atom is -0.495 e. The second kappa shape index (κ2) is 9.05. The first kappa shape index (κ1) is 19.5. The van der Waals surface area contributed by atoms with Crippen molar-refractivity contribution < 1.29 is 23.8 Å². The number of carbonyl (C=O) groups excluding carboxylic acids is 2. The van der Waals surface area contributed by atoms with Crippen molar-refractivity contribution in [2.24, 2.45) is 0 Å². The first-order valence-corrected chi connectivity index (χ1v) is 8.21. The summed E-state index contributed by atoms with van der Waals surface area (Å²) in [5, 5.41) is 2.97. The number of nitrogens with one attached hydrogen (secondary N) is 1.